The number of halogens is 3. The minimum Gasteiger partial charge on any atom is -0.362 e. The van der Waals surface area contributed by atoms with Gasteiger partial charge >= 0.3 is 0 Å². The normalized spacial score (nSPS) is 10.0. The minimum absolute atomic E-state index is 0.302. The highest BCUT2D eigenvalue weighted by Crippen LogP contribution is 2.29. The maximum Gasteiger partial charge on any atom is 0.172 e. The van der Waals surface area contributed by atoms with E-state index in [9.17, 15) is 0 Å². The van der Waals surface area contributed by atoms with Gasteiger partial charge in [0.2, 0.25) is 0 Å². The lowest BCUT2D eigenvalue weighted by atomic mass is 10.1. The summed E-state index contributed by atoms with van der Waals surface area (Å²) < 4.78 is 0. The molecule has 2 N–H and O–H groups in total. The number of nitrogens with one attached hydrogen (secondary N) is 2. The van der Waals surface area contributed by atoms with Crippen LogP contribution in [0.15, 0.2) is 24.4 Å². The number of nitriles is 1. The Balaban J connectivity index is 1.92. The van der Waals surface area contributed by atoms with Gasteiger partial charge in [-0.05, 0) is 42.4 Å². The van der Waals surface area contributed by atoms with Gasteiger partial charge in [-0.15, -0.1) is 5.10 Å². The number of rotatable bonds is 4. The average Bonchev–Trinajstić information content (AvgIpc) is 2.52. The zero-order valence-electron chi connectivity index (χ0n) is 11.6. The molecule has 0 unspecified atom stereocenters. The quantitative estimate of drug-likeness (QED) is 0.614. The molecule has 0 radical (unpaired) electrons. The summed E-state index contributed by atoms with van der Waals surface area (Å²) in [5.41, 5.74) is 1.17. The molecule has 1 heterocycles. The van der Waals surface area contributed by atoms with Crippen LogP contribution in [0.3, 0.4) is 0 Å². The summed E-state index contributed by atoms with van der Waals surface area (Å²) >= 11 is 23.2. The van der Waals surface area contributed by atoms with Crippen molar-refractivity contribution in [2.45, 2.75) is 6.42 Å². The van der Waals surface area contributed by atoms with Gasteiger partial charge in [0.05, 0.1) is 21.8 Å². The zero-order valence-corrected chi connectivity index (χ0v) is 14.7. The molecular weight excluding hydrogens is 377 g/mol. The maximum atomic E-state index is 8.98. The Bertz CT molecular complexity index is 775. The second-order valence-electron chi connectivity index (χ2n) is 4.40. The highest BCUT2D eigenvalue weighted by molar-refractivity contribution is 7.80. The van der Waals surface area contributed by atoms with Crippen molar-refractivity contribution >= 4 is 58.0 Å². The number of thiocarbonyl (C=S) groups is 1. The second kappa shape index (κ2) is 8.27. The van der Waals surface area contributed by atoms with Crippen LogP contribution >= 0.6 is 47.0 Å². The number of nitrogens with zero attached hydrogens (tertiary/aromatic N) is 3. The summed E-state index contributed by atoms with van der Waals surface area (Å²) in [5.74, 6) is 0.302. The molecule has 0 fully saturated rings. The lowest BCUT2D eigenvalue weighted by molar-refractivity contribution is 0.872. The molecule has 5 nitrogen and oxygen atoms in total. The first kappa shape index (κ1) is 17.7. The molecule has 0 amide bonds. The summed E-state index contributed by atoms with van der Waals surface area (Å²) in [6.45, 7) is 0.504. The fraction of sp³-hybridized carbons (Fsp3) is 0.143. The van der Waals surface area contributed by atoms with Crippen LogP contribution in [0.5, 0.6) is 0 Å². The summed E-state index contributed by atoms with van der Waals surface area (Å²) in [6.07, 6.45) is 2.01. The summed E-state index contributed by atoms with van der Waals surface area (Å²) in [5, 5.41) is 24.1. The molecule has 0 saturated carbocycles. The van der Waals surface area contributed by atoms with Crippen molar-refractivity contribution in [1.29, 1.82) is 5.26 Å². The van der Waals surface area contributed by atoms with Gasteiger partial charge in [-0.2, -0.15) is 10.4 Å². The van der Waals surface area contributed by atoms with Crippen LogP contribution in [-0.2, 0) is 6.42 Å². The molecule has 0 bridgehead atoms. The van der Waals surface area contributed by atoms with Crippen LogP contribution in [0, 0.1) is 11.3 Å². The largest absolute Gasteiger partial charge is 0.362 e. The Morgan fingerprint density at radius 1 is 1.30 bits per heavy atom. The molecule has 2 aromatic rings. The topological polar surface area (TPSA) is 73.6 Å². The van der Waals surface area contributed by atoms with Crippen LogP contribution in [0.4, 0.5) is 5.82 Å². The molecule has 0 aliphatic heterocycles. The molecule has 118 valence electrons. The van der Waals surface area contributed by atoms with E-state index in [4.69, 9.17) is 52.3 Å². The molecule has 1 aromatic heterocycles. The highest BCUT2D eigenvalue weighted by Gasteiger charge is 2.08. The van der Waals surface area contributed by atoms with Crippen LogP contribution in [0.1, 0.15) is 11.1 Å². The number of benzene rings is 1. The van der Waals surface area contributed by atoms with E-state index >= 15 is 0 Å². The van der Waals surface area contributed by atoms with E-state index in [0.29, 0.717) is 44.5 Å². The monoisotopic (exact) mass is 385 g/mol. The van der Waals surface area contributed by atoms with Crippen LogP contribution in [0.2, 0.25) is 15.1 Å². The third-order valence-corrected chi connectivity index (χ3v) is 4.13. The molecule has 2 rings (SSSR count). The standard InChI is InChI=1S/C14H10Cl3N5S/c15-10-5-8(12(17)11(16)6-10)1-3-19-14(23)21-13-9(7-18)2-4-20-22-13/h2,4-6H,1,3H2,(H2,19,21,22,23). The van der Waals surface area contributed by atoms with Gasteiger partial charge in [-0.1, -0.05) is 34.8 Å². The lowest BCUT2D eigenvalue weighted by Gasteiger charge is -2.11. The smallest absolute Gasteiger partial charge is 0.172 e. The Morgan fingerprint density at radius 2 is 2.09 bits per heavy atom. The predicted molar refractivity (Wildman–Crippen MR) is 96.1 cm³/mol. The third-order valence-electron chi connectivity index (χ3n) is 2.82. The fourth-order valence-corrected chi connectivity index (χ4v) is 2.71. The van der Waals surface area contributed by atoms with Gasteiger partial charge in [0.25, 0.3) is 0 Å². The fourth-order valence-electron chi connectivity index (χ4n) is 1.77. The van der Waals surface area contributed by atoms with E-state index in [1.54, 1.807) is 18.2 Å². The SMILES string of the molecule is N#Cc1ccnnc1NC(=S)NCCc1cc(Cl)cc(Cl)c1Cl. The number of hydrogen-bond acceptors (Lipinski definition) is 4. The Kier molecular flexibility index (Phi) is 6.37. The maximum absolute atomic E-state index is 8.98. The van der Waals surface area contributed by atoms with Crippen molar-refractivity contribution in [3.8, 4) is 6.07 Å². The van der Waals surface area contributed by atoms with Crippen LogP contribution < -0.4 is 10.6 Å². The molecule has 23 heavy (non-hydrogen) atoms. The van der Waals surface area contributed by atoms with Gasteiger partial charge in [0.1, 0.15) is 6.07 Å². The first-order valence-electron chi connectivity index (χ1n) is 6.41. The molecule has 9 heteroatoms. The van der Waals surface area contributed by atoms with Gasteiger partial charge in [0.15, 0.2) is 10.9 Å². The average molecular weight is 387 g/mol. The lowest BCUT2D eigenvalue weighted by Crippen LogP contribution is -2.31. The van der Waals surface area contributed by atoms with E-state index in [1.807, 2.05) is 6.07 Å². The van der Waals surface area contributed by atoms with E-state index in [2.05, 4.69) is 20.8 Å². The third kappa shape index (κ3) is 4.91. The molecular formula is C14H10Cl3N5S. The van der Waals surface area contributed by atoms with E-state index in [-0.39, 0.29) is 0 Å². The number of anilines is 1. The van der Waals surface area contributed by atoms with Crippen molar-refractivity contribution in [3.05, 3.63) is 50.6 Å². The number of hydrogen-bond donors (Lipinski definition) is 2. The van der Waals surface area contributed by atoms with Crippen molar-refractivity contribution in [1.82, 2.24) is 15.5 Å². The molecule has 0 saturated heterocycles. The summed E-state index contributed by atoms with van der Waals surface area (Å²) in [6, 6.07) is 6.89. The first-order chi connectivity index (χ1) is 11.0. The number of aromatic nitrogens is 2. The first-order valence-corrected chi connectivity index (χ1v) is 7.95. The van der Waals surface area contributed by atoms with Crippen LogP contribution in [-0.4, -0.2) is 21.9 Å². The Hall–Kier alpha value is -1.65. The molecule has 0 aliphatic rings. The zero-order chi connectivity index (χ0) is 16.8. The van der Waals surface area contributed by atoms with E-state index in [0.717, 1.165) is 5.56 Å². The molecule has 0 spiro atoms. The van der Waals surface area contributed by atoms with E-state index < -0.39 is 0 Å². The highest BCUT2D eigenvalue weighted by atomic mass is 35.5. The molecule has 0 atom stereocenters. The van der Waals surface area contributed by atoms with Gasteiger partial charge < -0.3 is 10.6 Å². The second-order valence-corrected chi connectivity index (χ2v) is 6.03. The van der Waals surface area contributed by atoms with E-state index in [1.165, 1.54) is 6.20 Å². The summed E-state index contributed by atoms with van der Waals surface area (Å²) in [4.78, 5) is 0. The van der Waals surface area contributed by atoms with Crippen molar-refractivity contribution < 1.29 is 0 Å². The van der Waals surface area contributed by atoms with Gasteiger partial charge in [0, 0.05) is 11.6 Å². The summed E-state index contributed by atoms with van der Waals surface area (Å²) in [7, 11) is 0. The minimum atomic E-state index is 0.302. The van der Waals surface area contributed by atoms with Crippen LogP contribution in [0.25, 0.3) is 0 Å². The Labute approximate surface area is 153 Å². The van der Waals surface area contributed by atoms with Crippen molar-refractivity contribution in [2.24, 2.45) is 0 Å². The van der Waals surface area contributed by atoms with Crippen molar-refractivity contribution in [3.63, 3.8) is 0 Å². The molecule has 0 aliphatic carbocycles. The van der Waals surface area contributed by atoms with Gasteiger partial charge in [-0.3, -0.25) is 0 Å². The van der Waals surface area contributed by atoms with Gasteiger partial charge in [-0.25, -0.2) is 0 Å². The Morgan fingerprint density at radius 3 is 2.83 bits per heavy atom. The molecule has 1 aromatic carbocycles. The van der Waals surface area contributed by atoms with Crippen molar-refractivity contribution in [2.75, 3.05) is 11.9 Å². The predicted octanol–water partition coefficient (Wildman–Crippen LogP) is 3.84.